The topological polar surface area (TPSA) is 75.5 Å². The molecule has 6 heteroatoms. The second-order valence-corrected chi connectivity index (χ2v) is 6.17. The SMILES string of the molecule is CCCNC(=O)c1nc(C(=O)NCc2cccc(C)c2)c2ccccn12. The van der Waals surface area contributed by atoms with Gasteiger partial charge in [0, 0.05) is 19.3 Å². The van der Waals surface area contributed by atoms with E-state index in [0.717, 1.165) is 17.5 Å². The Labute approximate surface area is 152 Å². The minimum absolute atomic E-state index is 0.217. The molecule has 134 valence electrons. The van der Waals surface area contributed by atoms with Crippen molar-refractivity contribution in [3.63, 3.8) is 0 Å². The molecule has 2 aromatic heterocycles. The monoisotopic (exact) mass is 350 g/mol. The van der Waals surface area contributed by atoms with Crippen molar-refractivity contribution in [1.82, 2.24) is 20.0 Å². The molecule has 1 aromatic carbocycles. The quantitative estimate of drug-likeness (QED) is 0.718. The molecule has 0 saturated heterocycles. The Morgan fingerprint density at radius 2 is 1.92 bits per heavy atom. The zero-order valence-corrected chi connectivity index (χ0v) is 15.0. The maximum atomic E-state index is 12.6. The van der Waals surface area contributed by atoms with Crippen molar-refractivity contribution in [1.29, 1.82) is 0 Å². The van der Waals surface area contributed by atoms with Crippen molar-refractivity contribution in [2.45, 2.75) is 26.8 Å². The molecule has 2 heterocycles. The lowest BCUT2D eigenvalue weighted by Crippen LogP contribution is -2.26. The summed E-state index contributed by atoms with van der Waals surface area (Å²) in [7, 11) is 0. The highest BCUT2D eigenvalue weighted by molar-refractivity contribution is 6.02. The first-order valence-electron chi connectivity index (χ1n) is 8.69. The molecule has 0 atom stereocenters. The summed E-state index contributed by atoms with van der Waals surface area (Å²) in [6.07, 6.45) is 2.57. The maximum absolute atomic E-state index is 12.6. The molecule has 0 fully saturated rings. The van der Waals surface area contributed by atoms with Gasteiger partial charge in [0.2, 0.25) is 5.82 Å². The van der Waals surface area contributed by atoms with Gasteiger partial charge in [-0.05, 0) is 31.0 Å². The molecule has 3 aromatic rings. The van der Waals surface area contributed by atoms with E-state index in [0.29, 0.717) is 18.6 Å². The van der Waals surface area contributed by atoms with Crippen LogP contribution in [-0.4, -0.2) is 27.7 Å². The third-order valence-electron chi connectivity index (χ3n) is 4.04. The van der Waals surface area contributed by atoms with Crippen LogP contribution in [0.5, 0.6) is 0 Å². The van der Waals surface area contributed by atoms with Gasteiger partial charge in [0.15, 0.2) is 5.69 Å². The average molecular weight is 350 g/mol. The normalized spacial score (nSPS) is 10.7. The lowest BCUT2D eigenvalue weighted by atomic mass is 10.1. The van der Waals surface area contributed by atoms with Crippen LogP contribution < -0.4 is 10.6 Å². The average Bonchev–Trinajstić information content (AvgIpc) is 3.04. The number of carbonyl (C=O) groups is 2. The molecule has 6 nitrogen and oxygen atoms in total. The van der Waals surface area contributed by atoms with E-state index in [1.807, 2.05) is 44.2 Å². The molecule has 0 saturated carbocycles. The van der Waals surface area contributed by atoms with E-state index >= 15 is 0 Å². The number of hydrogen-bond acceptors (Lipinski definition) is 3. The van der Waals surface area contributed by atoms with E-state index in [1.54, 1.807) is 22.7 Å². The summed E-state index contributed by atoms with van der Waals surface area (Å²) in [6, 6.07) is 13.4. The number of pyridine rings is 1. The second-order valence-electron chi connectivity index (χ2n) is 6.17. The number of imidazole rings is 1. The molecule has 3 rings (SSSR count). The summed E-state index contributed by atoms with van der Waals surface area (Å²) < 4.78 is 1.65. The van der Waals surface area contributed by atoms with Gasteiger partial charge in [-0.3, -0.25) is 14.0 Å². The molecule has 0 aliphatic carbocycles. The van der Waals surface area contributed by atoms with Crippen LogP contribution in [0, 0.1) is 6.92 Å². The molecule has 0 aliphatic heterocycles. The van der Waals surface area contributed by atoms with Crippen LogP contribution >= 0.6 is 0 Å². The Hall–Kier alpha value is -3.15. The van der Waals surface area contributed by atoms with Crippen LogP contribution in [-0.2, 0) is 6.54 Å². The number of rotatable bonds is 6. The van der Waals surface area contributed by atoms with Crippen molar-refractivity contribution in [3.05, 3.63) is 71.3 Å². The predicted molar refractivity (Wildman–Crippen MR) is 100 cm³/mol. The third kappa shape index (κ3) is 3.74. The predicted octanol–water partition coefficient (Wildman–Crippen LogP) is 2.71. The fourth-order valence-electron chi connectivity index (χ4n) is 2.77. The number of aryl methyl sites for hydroxylation is 1. The van der Waals surface area contributed by atoms with Gasteiger partial charge in [0.05, 0.1) is 5.52 Å². The Balaban J connectivity index is 1.84. The summed E-state index contributed by atoms with van der Waals surface area (Å²) in [6.45, 7) is 4.96. The zero-order chi connectivity index (χ0) is 18.5. The lowest BCUT2D eigenvalue weighted by Gasteiger charge is -2.05. The van der Waals surface area contributed by atoms with E-state index in [2.05, 4.69) is 15.6 Å². The molecule has 0 spiro atoms. The van der Waals surface area contributed by atoms with Crippen LogP contribution in [0.2, 0.25) is 0 Å². The molecule has 0 aliphatic rings. The van der Waals surface area contributed by atoms with Crippen molar-refractivity contribution in [2.75, 3.05) is 6.54 Å². The van der Waals surface area contributed by atoms with Crippen LogP contribution in [0.3, 0.4) is 0 Å². The van der Waals surface area contributed by atoms with E-state index in [-0.39, 0.29) is 23.3 Å². The zero-order valence-electron chi connectivity index (χ0n) is 15.0. The van der Waals surface area contributed by atoms with E-state index in [9.17, 15) is 9.59 Å². The summed E-state index contributed by atoms with van der Waals surface area (Å²) in [5.41, 5.74) is 3.01. The molecule has 0 radical (unpaired) electrons. The number of carbonyl (C=O) groups excluding carboxylic acids is 2. The molecule has 2 amide bonds. The van der Waals surface area contributed by atoms with Gasteiger partial charge in [-0.15, -0.1) is 0 Å². The largest absolute Gasteiger partial charge is 0.349 e. The first-order valence-corrected chi connectivity index (χ1v) is 8.69. The Kier molecular flexibility index (Phi) is 5.31. The molecular formula is C20H22N4O2. The third-order valence-corrected chi connectivity index (χ3v) is 4.04. The van der Waals surface area contributed by atoms with Gasteiger partial charge in [-0.2, -0.15) is 0 Å². The highest BCUT2D eigenvalue weighted by Gasteiger charge is 2.20. The first kappa shape index (κ1) is 17.7. The first-order chi connectivity index (χ1) is 12.6. The van der Waals surface area contributed by atoms with E-state index in [1.165, 1.54) is 0 Å². The fraction of sp³-hybridized carbons (Fsp3) is 0.250. The summed E-state index contributed by atoms with van der Waals surface area (Å²) in [4.78, 5) is 29.3. The Morgan fingerprint density at radius 1 is 1.08 bits per heavy atom. The highest BCUT2D eigenvalue weighted by atomic mass is 16.2. The van der Waals surface area contributed by atoms with Crippen molar-refractivity contribution < 1.29 is 9.59 Å². The van der Waals surface area contributed by atoms with Crippen molar-refractivity contribution in [2.24, 2.45) is 0 Å². The van der Waals surface area contributed by atoms with Gasteiger partial charge in [-0.1, -0.05) is 42.8 Å². The highest BCUT2D eigenvalue weighted by Crippen LogP contribution is 2.14. The van der Waals surface area contributed by atoms with Gasteiger partial charge < -0.3 is 10.6 Å². The van der Waals surface area contributed by atoms with Gasteiger partial charge in [0.25, 0.3) is 11.8 Å². The molecular weight excluding hydrogens is 328 g/mol. The Bertz CT molecular complexity index is 946. The molecule has 0 bridgehead atoms. The van der Waals surface area contributed by atoms with Crippen molar-refractivity contribution in [3.8, 4) is 0 Å². The smallest absolute Gasteiger partial charge is 0.287 e. The van der Waals surface area contributed by atoms with E-state index < -0.39 is 0 Å². The molecule has 2 N–H and O–H groups in total. The lowest BCUT2D eigenvalue weighted by molar-refractivity contribution is 0.0942. The van der Waals surface area contributed by atoms with Crippen LogP contribution in [0.25, 0.3) is 5.52 Å². The molecule has 26 heavy (non-hydrogen) atoms. The summed E-state index contributed by atoms with van der Waals surface area (Å²) in [5.74, 6) is -0.370. The minimum atomic E-state index is -0.301. The van der Waals surface area contributed by atoms with Crippen LogP contribution in [0.1, 0.15) is 45.6 Å². The Morgan fingerprint density at radius 3 is 2.69 bits per heavy atom. The van der Waals surface area contributed by atoms with Crippen molar-refractivity contribution >= 4 is 17.3 Å². The summed E-state index contributed by atoms with van der Waals surface area (Å²) in [5, 5.41) is 5.69. The number of benzene rings is 1. The summed E-state index contributed by atoms with van der Waals surface area (Å²) >= 11 is 0. The second kappa shape index (κ2) is 7.82. The number of fused-ring (bicyclic) bond motifs is 1. The maximum Gasteiger partial charge on any atom is 0.287 e. The van der Waals surface area contributed by atoms with Gasteiger partial charge >= 0.3 is 0 Å². The van der Waals surface area contributed by atoms with E-state index in [4.69, 9.17) is 0 Å². The standard InChI is InChI=1S/C20H22N4O2/c1-3-10-21-20(26)18-23-17(16-9-4-5-11-24(16)18)19(25)22-13-15-8-6-7-14(2)12-15/h4-9,11-12H,3,10,13H2,1-2H3,(H,21,26)(H,22,25). The molecule has 0 unspecified atom stereocenters. The fourth-order valence-corrected chi connectivity index (χ4v) is 2.77. The number of amides is 2. The number of nitrogens with one attached hydrogen (secondary N) is 2. The number of hydrogen-bond donors (Lipinski definition) is 2. The van der Waals surface area contributed by atoms with Gasteiger partial charge in [0.1, 0.15) is 0 Å². The van der Waals surface area contributed by atoms with Crippen LogP contribution in [0.15, 0.2) is 48.7 Å². The van der Waals surface area contributed by atoms with Gasteiger partial charge in [-0.25, -0.2) is 4.98 Å². The number of nitrogens with zero attached hydrogens (tertiary/aromatic N) is 2. The number of aromatic nitrogens is 2. The van der Waals surface area contributed by atoms with Crippen LogP contribution in [0.4, 0.5) is 0 Å². The minimum Gasteiger partial charge on any atom is -0.349 e.